The zero-order chi connectivity index (χ0) is 14.5. The minimum absolute atomic E-state index is 0.0616. The summed E-state index contributed by atoms with van der Waals surface area (Å²) < 4.78 is 5.56. The van der Waals surface area contributed by atoms with Gasteiger partial charge in [-0.3, -0.25) is 4.79 Å². The maximum atomic E-state index is 12.1. The lowest BCUT2D eigenvalue weighted by Gasteiger charge is -2.12. The second-order valence-corrected chi connectivity index (χ2v) is 4.66. The normalized spacial score (nSPS) is 12.2. The Hall–Kier alpha value is -2.44. The van der Waals surface area contributed by atoms with Gasteiger partial charge in [-0.15, -0.1) is 10.2 Å². The number of aromatic amines is 1. The number of carbonyl (C=O) groups is 1. The topological polar surface area (TPSA) is 92.8 Å². The molecule has 7 nitrogen and oxygen atoms in total. The van der Waals surface area contributed by atoms with Crippen LogP contribution in [0, 0.1) is 0 Å². The van der Waals surface area contributed by atoms with Gasteiger partial charge in [-0.05, 0) is 39.0 Å². The maximum absolute atomic E-state index is 12.1. The van der Waals surface area contributed by atoms with Gasteiger partial charge in [-0.25, -0.2) is 0 Å². The number of ether oxygens (including phenoxy) is 1. The standard InChI is InChI=1S/C13H17N5O2/c1-8(2)20-11-6-4-5-10(7-11)13(19)14-9(3)12-15-17-18-16-12/h4-9H,1-3H3,(H,14,19)(H,15,16,17,18). The molecule has 7 heteroatoms. The molecule has 106 valence electrons. The van der Waals surface area contributed by atoms with E-state index in [4.69, 9.17) is 4.74 Å². The lowest BCUT2D eigenvalue weighted by atomic mass is 10.2. The van der Waals surface area contributed by atoms with Gasteiger partial charge in [0.1, 0.15) is 5.75 Å². The molecule has 0 spiro atoms. The molecular weight excluding hydrogens is 258 g/mol. The summed E-state index contributed by atoms with van der Waals surface area (Å²) in [7, 11) is 0. The number of H-pyrrole nitrogens is 1. The highest BCUT2D eigenvalue weighted by atomic mass is 16.5. The number of nitrogens with zero attached hydrogens (tertiary/aromatic N) is 3. The number of hydrogen-bond acceptors (Lipinski definition) is 5. The predicted molar refractivity (Wildman–Crippen MR) is 72.3 cm³/mol. The molecule has 2 N–H and O–H groups in total. The van der Waals surface area contributed by atoms with Crippen molar-refractivity contribution in [1.29, 1.82) is 0 Å². The van der Waals surface area contributed by atoms with Gasteiger partial charge >= 0.3 is 0 Å². The first-order valence-corrected chi connectivity index (χ1v) is 6.37. The zero-order valence-corrected chi connectivity index (χ0v) is 11.6. The fourth-order valence-corrected chi connectivity index (χ4v) is 1.68. The van der Waals surface area contributed by atoms with Crippen molar-refractivity contribution < 1.29 is 9.53 Å². The molecule has 0 aliphatic carbocycles. The van der Waals surface area contributed by atoms with Crippen LogP contribution in [0.3, 0.4) is 0 Å². The summed E-state index contributed by atoms with van der Waals surface area (Å²) in [4.78, 5) is 12.1. The van der Waals surface area contributed by atoms with E-state index >= 15 is 0 Å². The van der Waals surface area contributed by atoms with Crippen LogP contribution in [-0.4, -0.2) is 32.6 Å². The van der Waals surface area contributed by atoms with Gasteiger partial charge in [0.2, 0.25) is 0 Å². The van der Waals surface area contributed by atoms with E-state index in [-0.39, 0.29) is 18.1 Å². The van der Waals surface area contributed by atoms with Gasteiger partial charge in [0.05, 0.1) is 12.1 Å². The Morgan fingerprint density at radius 1 is 1.35 bits per heavy atom. The highest BCUT2D eigenvalue weighted by Gasteiger charge is 2.15. The highest BCUT2D eigenvalue weighted by molar-refractivity contribution is 5.94. The first-order valence-electron chi connectivity index (χ1n) is 6.37. The molecule has 0 bridgehead atoms. The van der Waals surface area contributed by atoms with Gasteiger partial charge in [0.25, 0.3) is 5.91 Å². The Morgan fingerprint density at radius 3 is 2.80 bits per heavy atom. The summed E-state index contributed by atoms with van der Waals surface area (Å²) >= 11 is 0. The molecule has 0 saturated heterocycles. The molecule has 20 heavy (non-hydrogen) atoms. The first-order chi connectivity index (χ1) is 9.56. The predicted octanol–water partition coefficient (Wildman–Crippen LogP) is 1.48. The minimum atomic E-state index is -0.323. The van der Waals surface area contributed by atoms with E-state index in [0.717, 1.165) is 0 Å². The van der Waals surface area contributed by atoms with Crippen molar-refractivity contribution in [3.8, 4) is 5.75 Å². The van der Waals surface area contributed by atoms with Crippen molar-refractivity contribution >= 4 is 5.91 Å². The molecule has 1 atom stereocenters. The molecular formula is C13H17N5O2. The molecule has 0 saturated carbocycles. The molecule has 0 aliphatic rings. The van der Waals surface area contributed by atoms with Crippen LogP contribution in [0.5, 0.6) is 5.75 Å². The minimum Gasteiger partial charge on any atom is -0.491 e. The molecule has 0 aliphatic heterocycles. The van der Waals surface area contributed by atoms with Gasteiger partial charge in [0.15, 0.2) is 5.82 Å². The SMILES string of the molecule is CC(C)Oc1cccc(C(=O)NC(C)c2nn[nH]n2)c1. The number of tetrazole rings is 1. The van der Waals surface area contributed by atoms with E-state index < -0.39 is 0 Å². The van der Waals surface area contributed by atoms with Crippen LogP contribution in [-0.2, 0) is 0 Å². The summed E-state index contributed by atoms with van der Waals surface area (Å²) in [5, 5.41) is 16.3. The van der Waals surface area contributed by atoms with E-state index in [0.29, 0.717) is 17.1 Å². The van der Waals surface area contributed by atoms with Crippen LogP contribution in [0.25, 0.3) is 0 Å². The van der Waals surface area contributed by atoms with E-state index in [9.17, 15) is 4.79 Å². The van der Waals surface area contributed by atoms with Gasteiger partial charge in [0, 0.05) is 5.56 Å². The number of amides is 1. The summed E-state index contributed by atoms with van der Waals surface area (Å²) in [5.41, 5.74) is 0.526. The largest absolute Gasteiger partial charge is 0.491 e. The zero-order valence-electron chi connectivity index (χ0n) is 11.6. The summed E-state index contributed by atoms with van der Waals surface area (Å²) in [6.45, 7) is 5.66. The monoisotopic (exact) mass is 275 g/mol. The van der Waals surface area contributed by atoms with Crippen LogP contribution in [0.1, 0.15) is 43.0 Å². The van der Waals surface area contributed by atoms with Crippen LogP contribution in [0.2, 0.25) is 0 Å². The lowest BCUT2D eigenvalue weighted by molar-refractivity contribution is 0.0937. The Morgan fingerprint density at radius 2 is 2.15 bits per heavy atom. The van der Waals surface area contributed by atoms with Crippen molar-refractivity contribution in [2.75, 3.05) is 0 Å². The second kappa shape index (κ2) is 6.14. The third-order valence-corrected chi connectivity index (χ3v) is 2.56. The van der Waals surface area contributed by atoms with Crippen LogP contribution in [0.4, 0.5) is 0 Å². The molecule has 1 unspecified atom stereocenters. The quantitative estimate of drug-likeness (QED) is 0.862. The van der Waals surface area contributed by atoms with E-state index in [1.807, 2.05) is 19.9 Å². The Kier molecular flexibility index (Phi) is 4.29. The van der Waals surface area contributed by atoms with E-state index in [1.165, 1.54) is 0 Å². The molecule has 1 heterocycles. The van der Waals surface area contributed by atoms with E-state index in [1.54, 1.807) is 25.1 Å². The Labute approximate surface area is 116 Å². The Bertz CT molecular complexity index is 568. The maximum Gasteiger partial charge on any atom is 0.251 e. The average molecular weight is 275 g/mol. The molecule has 0 radical (unpaired) electrons. The van der Waals surface area contributed by atoms with Gasteiger partial charge < -0.3 is 10.1 Å². The fraction of sp³-hybridized carbons (Fsp3) is 0.385. The van der Waals surface area contributed by atoms with Crippen molar-refractivity contribution in [3.63, 3.8) is 0 Å². The van der Waals surface area contributed by atoms with E-state index in [2.05, 4.69) is 25.9 Å². The van der Waals surface area contributed by atoms with Crippen LogP contribution >= 0.6 is 0 Å². The fourth-order valence-electron chi connectivity index (χ4n) is 1.68. The molecule has 1 aromatic heterocycles. The van der Waals surface area contributed by atoms with Crippen molar-refractivity contribution in [1.82, 2.24) is 25.9 Å². The van der Waals surface area contributed by atoms with Crippen molar-refractivity contribution in [2.24, 2.45) is 0 Å². The van der Waals surface area contributed by atoms with Crippen molar-refractivity contribution in [3.05, 3.63) is 35.7 Å². The number of hydrogen-bond donors (Lipinski definition) is 2. The smallest absolute Gasteiger partial charge is 0.251 e. The molecule has 0 fully saturated rings. The average Bonchev–Trinajstić information content (AvgIpc) is 2.92. The third kappa shape index (κ3) is 3.53. The van der Waals surface area contributed by atoms with Gasteiger partial charge in [-0.1, -0.05) is 11.3 Å². The first kappa shape index (κ1) is 14.0. The third-order valence-electron chi connectivity index (χ3n) is 2.56. The number of carbonyl (C=O) groups excluding carboxylic acids is 1. The number of rotatable bonds is 5. The summed E-state index contributed by atoms with van der Waals surface area (Å²) in [5.74, 6) is 0.893. The van der Waals surface area contributed by atoms with Crippen LogP contribution < -0.4 is 10.1 Å². The van der Waals surface area contributed by atoms with Gasteiger partial charge in [-0.2, -0.15) is 5.21 Å². The Balaban J connectivity index is 2.05. The summed E-state index contributed by atoms with van der Waals surface area (Å²) in [6.07, 6.45) is 0.0616. The van der Waals surface area contributed by atoms with Crippen LogP contribution in [0.15, 0.2) is 24.3 Å². The number of nitrogens with one attached hydrogen (secondary N) is 2. The second-order valence-electron chi connectivity index (χ2n) is 4.66. The van der Waals surface area contributed by atoms with Crippen molar-refractivity contribution in [2.45, 2.75) is 32.9 Å². The summed E-state index contributed by atoms with van der Waals surface area (Å²) in [6, 6.07) is 6.71. The molecule has 2 aromatic rings. The number of benzene rings is 1. The molecule has 2 rings (SSSR count). The number of aromatic nitrogens is 4. The highest BCUT2D eigenvalue weighted by Crippen LogP contribution is 2.15. The lowest BCUT2D eigenvalue weighted by Crippen LogP contribution is -2.27. The molecule has 1 aromatic carbocycles. The molecule has 1 amide bonds.